The van der Waals surface area contributed by atoms with Crippen LogP contribution in [0.25, 0.3) is 0 Å². The molecule has 0 amide bonds. The van der Waals surface area contributed by atoms with Crippen LogP contribution in [0.4, 0.5) is 4.39 Å². The quantitative estimate of drug-likeness (QED) is 0.830. The van der Waals surface area contributed by atoms with Crippen LogP contribution in [0.15, 0.2) is 24.3 Å². The molecule has 1 aromatic rings. The van der Waals surface area contributed by atoms with Crippen molar-refractivity contribution >= 4 is 0 Å². The highest BCUT2D eigenvalue weighted by molar-refractivity contribution is 5.26. The molecule has 0 radical (unpaired) electrons. The van der Waals surface area contributed by atoms with Crippen LogP contribution in [0.1, 0.15) is 44.7 Å². The fourth-order valence-corrected chi connectivity index (χ4v) is 1.87. The van der Waals surface area contributed by atoms with Crippen LogP contribution in [-0.4, -0.2) is 12.2 Å². The molecule has 0 heterocycles. The predicted octanol–water partition coefficient (Wildman–Crippen LogP) is 3.68. The molecule has 1 aromatic carbocycles. The molecule has 2 heteroatoms. The molecule has 0 aromatic heterocycles. The molecule has 0 aliphatic heterocycles. The van der Waals surface area contributed by atoms with Gasteiger partial charge in [-0.1, -0.05) is 52.0 Å². The van der Waals surface area contributed by atoms with Crippen molar-refractivity contribution in [3.63, 3.8) is 0 Å². The minimum atomic E-state index is -1.29. The smallest absolute Gasteiger partial charge is 0.129 e. The maximum Gasteiger partial charge on any atom is 0.129 e. The van der Waals surface area contributed by atoms with E-state index in [2.05, 4.69) is 26.0 Å². The second kappa shape index (κ2) is 5.63. The molecule has 17 heavy (non-hydrogen) atoms. The van der Waals surface area contributed by atoms with Gasteiger partial charge in [0.15, 0.2) is 0 Å². The van der Waals surface area contributed by atoms with Crippen LogP contribution < -0.4 is 5.73 Å². The van der Waals surface area contributed by atoms with Gasteiger partial charge in [0.25, 0.3) is 0 Å². The molecule has 0 aliphatic carbocycles. The first-order valence-electron chi connectivity index (χ1n) is 6.37. The van der Waals surface area contributed by atoms with E-state index in [1.807, 2.05) is 26.0 Å². The van der Waals surface area contributed by atoms with Crippen LogP contribution in [0.3, 0.4) is 0 Å². The van der Waals surface area contributed by atoms with Crippen LogP contribution in [-0.2, 0) is 6.42 Å². The van der Waals surface area contributed by atoms with Crippen LogP contribution in [0.5, 0.6) is 0 Å². The second-order valence-corrected chi connectivity index (χ2v) is 5.47. The average Bonchev–Trinajstić information content (AvgIpc) is 2.29. The van der Waals surface area contributed by atoms with Gasteiger partial charge in [-0.2, -0.15) is 0 Å². The topological polar surface area (TPSA) is 26.0 Å². The SMILES string of the molecule is CC(C)c1ccc(CC(F)(CN)C(C)C)cc1. The first kappa shape index (κ1) is 14.2. The van der Waals surface area contributed by atoms with Gasteiger partial charge in [0, 0.05) is 13.0 Å². The number of alkyl halides is 1. The van der Waals surface area contributed by atoms with Gasteiger partial charge >= 0.3 is 0 Å². The van der Waals surface area contributed by atoms with Gasteiger partial charge in [-0.3, -0.25) is 0 Å². The largest absolute Gasteiger partial charge is 0.328 e. The minimum absolute atomic E-state index is 0.0581. The molecule has 1 nitrogen and oxygen atoms in total. The molecule has 0 fully saturated rings. The van der Waals surface area contributed by atoms with E-state index < -0.39 is 5.67 Å². The van der Waals surface area contributed by atoms with E-state index in [4.69, 9.17) is 5.73 Å². The van der Waals surface area contributed by atoms with E-state index in [1.165, 1.54) is 5.56 Å². The highest BCUT2D eigenvalue weighted by atomic mass is 19.1. The summed E-state index contributed by atoms with van der Waals surface area (Å²) in [4.78, 5) is 0. The van der Waals surface area contributed by atoms with Gasteiger partial charge in [0.05, 0.1) is 0 Å². The summed E-state index contributed by atoms with van der Waals surface area (Å²) in [6.07, 6.45) is 0.402. The Kier molecular flexibility index (Phi) is 4.70. The number of hydrogen-bond donors (Lipinski definition) is 1. The van der Waals surface area contributed by atoms with Crippen molar-refractivity contribution in [1.82, 2.24) is 0 Å². The van der Waals surface area contributed by atoms with Gasteiger partial charge in [-0.25, -0.2) is 4.39 Å². The average molecular weight is 237 g/mol. The zero-order valence-corrected chi connectivity index (χ0v) is 11.3. The molecule has 1 atom stereocenters. The maximum absolute atomic E-state index is 14.5. The zero-order chi connectivity index (χ0) is 13.1. The molecular formula is C15H24FN. The highest BCUT2D eigenvalue weighted by Gasteiger charge is 2.32. The van der Waals surface area contributed by atoms with Crippen LogP contribution >= 0.6 is 0 Å². The number of halogens is 1. The summed E-state index contributed by atoms with van der Waals surface area (Å²) in [6.45, 7) is 8.16. The van der Waals surface area contributed by atoms with Gasteiger partial charge in [-0.05, 0) is 23.0 Å². The Balaban J connectivity index is 2.81. The van der Waals surface area contributed by atoms with Crippen molar-refractivity contribution in [2.24, 2.45) is 11.7 Å². The summed E-state index contributed by atoms with van der Waals surface area (Å²) in [5.41, 5.74) is 6.58. The lowest BCUT2D eigenvalue weighted by atomic mass is 9.85. The van der Waals surface area contributed by atoms with Gasteiger partial charge < -0.3 is 5.73 Å². The van der Waals surface area contributed by atoms with Crippen molar-refractivity contribution in [1.29, 1.82) is 0 Å². The molecule has 0 spiro atoms. The Bertz CT molecular complexity index is 342. The van der Waals surface area contributed by atoms with Gasteiger partial charge in [0.2, 0.25) is 0 Å². The number of nitrogens with two attached hydrogens (primary N) is 1. The van der Waals surface area contributed by atoms with Crippen molar-refractivity contribution in [3.8, 4) is 0 Å². The summed E-state index contributed by atoms with van der Waals surface area (Å²) in [7, 11) is 0. The minimum Gasteiger partial charge on any atom is -0.328 e. The zero-order valence-electron chi connectivity index (χ0n) is 11.3. The Morgan fingerprint density at radius 3 is 2.00 bits per heavy atom. The fraction of sp³-hybridized carbons (Fsp3) is 0.600. The lowest BCUT2D eigenvalue weighted by molar-refractivity contribution is 0.110. The molecule has 0 saturated carbocycles. The Morgan fingerprint density at radius 2 is 1.65 bits per heavy atom. The molecule has 2 N–H and O–H groups in total. The highest BCUT2D eigenvalue weighted by Crippen LogP contribution is 2.26. The molecule has 1 unspecified atom stereocenters. The van der Waals surface area contributed by atoms with Gasteiger partial charge in [-0.15, -0.1) is 0 Å². The van der Waals surface area contributed by atoms with E-state index in [9.17, 15) is 4.39 Å². The van der Waals surface area contributed by atoms with E-state index in [0.717, 1.165) is 5.56 Å². The summed E-state index contributed by atoms with van der Waals surface area (Å²) in [6, 6.07) is 8.19. The third-order valence-corrected chi connectivity index (χ3v) is 3.52. The molecule has 1 rings (SSSR count). The maximum atomic E-state index is 14.5. The van der Waals surface area contributed by atoms with Crippen molar-refractivity contribution in [2.75, 3.05) is 6.54 Å². The Labute approximate surface area is 104 Å². The van der Waals surface area contributed by atoms with Crippen molar-refractivity contribution in [2.45, 2.75) is 45.7 Å². The lowest BCUT2D eigenvalue weighted by Gasteiger charge is -2.28. The third kappa shape index (κ3) is 3.53. The standard InChI is InChI=1S/C15H24FN/c1-11(2)14-7-5-13(6-8-14)9-15(16,10-17)12(3)4/h5-8,11-12H,9-10,17H2,1-4H3. The normalized spacial score (nSPS) is 15.3. The Hall–Kier alpha value is -0.890. The molecule has 96 valence electrons. The summed E-state index contributed by atoms with van der Waals surface area (Å²) >= 11 is 0. The molecular weight excluding hydrogens is 213 g/mol. The van der Waals surface area contributed by atoms with Crippen molar-refractivity contribution in [3.05, 3.63) is 35.4 Å². The Morgan fingerprint density at radius 1 is 1.12 bits per heavy atom. The third-order valence-electron chi connectivity index (χ3n) is 3.52. The second-order valence-electron chi connectivity index (χ2n) is 5.47. The van der Waals surface area contributed by atoms with E-state index in [-0.39, 0.29) is 12.5 Å². The van der Waals surface area contributed by atoms with Crippen molar-refractivity contribution < 1.29 is 4.39 Å². The van der Waals surface area contributed by atoms with Crippen LogP contribution in [0, 0.1) is 5.92 Å². The van der Waals surface area contributed by atoms with E-state index in [0.29, 0.717) is 12.3 Å². The van der Waals surface area contributed by atoms with Gasteiger partial charge in [0.1, 0.15) is 5.67 Å². The summed E-state index contributed by atoms with van der Waals surface area (Å²) in [5, 5.41) is 0. The predicted molar refractivity (Wildman–Crippen MR) is 72.0 cm³/mol. The summed E-state index contributed by atoms with van der Waals surface area (Å²) < 4.78 is 14.5. The molecule has 0 bridgehead atoms. The first-order chi connectivity index (χ1) is 7.89. The number of hydrogen-bond acceptors (Lipinski definition) is 1. The molecule has 0 saturated heterocycles. The summed E-state index contributed by atoms with van der Waals surface area (Å²) in [5.74, 6) is 0.455. The fourth-order valence-electron chi connectivity index (χ4n) is 1.87. The van der Waals surface area contributed by atoms with E-state index >= 15 is 0 Å². The monoisotopic (exact) mass is 237 g/mol. The number of benzene rings is 1. The lowest BCUT2D eigenvalue weighted by Crippen LogP contribution is -2.40. The first-order valence-corrected chi connectivity index (χ1v) is 6.37. The number of rotatable bonds is 5. The van der Waals surface area contributed by atoms with Crippen LogP contribution in [0.2, 0.25) is 0 Å². The van der Waals surface area contributed by atoms with E-state index in [1.54, 1.807) is 0 Å². The molecule has 0 aliphatic rings.